The molecule has 0 rings (SSSR count). The molecule has 0 aliphatic heterocycles. The van der Waals surface area contributed by atoms with Gasteiger partial charge in [0.15, 0.2) is 0 Å². The molecule has 0 aromatic heterocycles. The zero-order valence-corrected chi connectivity index (χ0v) is 42.6. The minimum absolute atomic E-state index is 0.115. The monoisotopic (exact) mass is 1080 g/mol. The average Bonchev–Trinajstić information content (AvgIpc) is 3.31. The number of primary amides is 2. The first-order valence-electron chi connectivity index (χ1n) is 23.1. The van der Waals surface area contributed by atoms with Gasteiger partial charge >= 0.3 is 5.97 Å². The Balaban J connectivity index is 6.45. The van der Waals surface area contributed by atoms with Crippen molar-refractivity contribution >= 4 is 96.2 Å². The van der Waals surface area contributed by atoms with Gasteiger partial charge in [0.25, 0.3) is 0 Å². The number of nitrogens with one attached hydrogen (secondary N) is 9. The van der Waals surface area contributed by atoms with E-state index in [0.29, 0.717) is 25.8 Å². The van der Waals surface area contributed by atoms with Crippen LogP contribution in [0.25, 0.3) is 0 Å². The summed E-state index contributed by atoms with van der Waals surface area (Å²) >= 11 is 8.24. The second-order valence-electron chi connectivity index (χ2n) is 16.8. The Bertz CT molecular complexity index is 1900. The maximum atomic E-state index is 13.8. The van der Waals surface area contributed by atoms with Crippen LogP contribution >= 0.6 is 25.3 Å². The molecule has 0 unspecified atom stereocenters. The predicted molar refractivity (Wildman–Crippen MR) is 265 cm³/mol. The van der Waals surface area contributed by atoms with Gasteiger partial charge in [-0.05, 0) is 78.8 Å². The summed E-state index contributed by atoms with van der Waals surface area (Å²) < 4.78 is 0. The number of aliphatic hydroxyl groups is 3. The molecule has 73 heavy (non-hydrogen) atoms. The summed E-state index contributed by atoms with van der Waals surface area (Å²) in [6.45, 7) is 2.93. The van der Waals surface area contributed by atoms with Crippen LogP contribution in [0.5, 0.6) is 0 Å². The molecule has 0 bridgehead atoms. The van der Waals surface area contributed by atoms with Crippen LogP contribution in [-0.2, 0) is 57.5 Å². The van der Waals surface area contributed by atoms with Gasteiger partial charge in [-0.1, -0.05) is 0 Å². The molecule has 11 amide bonds. The highest BCUT2D eigenvalue weighted by atomic mass is 32.1. The summed E-state index contributed by atoms with van der Waals surface area (Å²) in [6.07, 6.45) is -3.86. The minimum atomic E-state index is -1.90. The maximum Gasteiger partial charge on any atom is 0.328 e. The van der Waals surface area contributed by atoms with Crippen LogP contribution in [0.3, 0.4) is 0 Å². The van der Waals surface area contributed by atoms with Crippen LogP contribution in [0.15, 0.2) is 0 Å². The molecule has 0 radical (unpaired) electrons. The van der Waals surface area contributed by atoms with Crippen LogP contribution in [0, 0.1) is 0 Å². The molecule has 416 valence electrons. The first-order chi connectivity index (χ1) is 34.2. The number of carbonyl (C=O) groups excluding carboxylic acids is 11. The minimum Gasteiger partial charge on any atom is -0.480 e. The second-order valence-corrected chi connectivity index (χ2v) is 17.5. The topological polar surface area (TPSA) is 524 Å². The van der Waals surface area contributed by atoms with E-state index in [0.717, 1.165) is 13.8 Å². The lowest BCUT2D eigenvalue weighted by Crippen LogP contribution is -2.62. The molecule has 0 heterocycles. The van der Waals surface area contributed by atoms with E-state index in [2.05, 4.69) is 67.8 Å². The van der Waals surface area contributed by atoms with Crippen molar-refractivity contribution in [2.75, 3.05) is 31.2 Å². The van der Waals surface area contributed by atoms with Gasteiger partial charge in [0, 0.05) is 17.9 Å². The van der Waals surface area contributed by atoms with Crippen molar-refractivity contribution in [1.82, 2.24) is 47.9 Å². The van der Waals surface area contributed by atoms with E-state index in [1.807, 2.05) is 5.32 Å². The van der Waals surface area contributed by atoms with Crippen LogP contribution in [0.2, 0.25) is 0 Å². The van der Waals surface area contributed by atoms with Crippen molar-refractivity contribution in [2.45, 2.75) is 151 Å². The first kappa shape index (κ1) is 67.1. The Kier molecular flexibility index (Phi) is 32.4. The van der Waals surface area contributed by atoms with Crippen molar-refractivity contribution in [3.63, 3.8) is 0 Å². The molecule has 0 aromatic carbocycles. The van der Waals surface area contributed by atoms with Crippen LogP contribution in [0.4, 0.5) is 0 Å². The first-order valence-corrected chi connectivity index (χ1v) is 24.3. The zero-order valence-electron chi connectivity index (χ0n) is 40.8. The van der Waals surface area contributed by atoms with Crippen LogP contribution in [-0.4, -0.2) is 195 Å². The zero-order chi connectivity index (χ0) is 56.1. The van der Waals surface area contributed by atoms with E-state index in [1.165, 1.54) is 6.92 Å². The maximum absolute atomic E-state index is 13.8. The fourth-order valence-corrected chi connectivity index (χ4v) is 6.81. The number of unbranched alkanes of at least 4 members (excludes halogenated alkanes) is 2. The summed E-state index contributed by atoms with van der Waals surface area (Å²) in [6, 6.07) is -15.8. The smallest absolute Gasteiger partial charge is 0.328 e. The Hall–Kier alpha value is -5.90. The highest BCUT2D eigenvalue weighted by Gasteiger charge is 2.37. The Morgan fingerprint density at radius 3 is 1.12 bits per heavy atom. The number of carbonyl (C=O) groups is 12. The molecule has 0 spiro atoms. The number of carboxylic acid groups (broad SMARTS) is 1. The fraction of sp³-hybridized carbons (Fsp3) is 0.707. The largest absolute Gasteiger partial charge is 0.480 e. The van der Waals surface area contributed by atoms with Gasteiger partial charge < -0.3 is 96.9 Å². The molecular formula is C41H74N14O16S2. The third-order valence-electron chi connectivity index (χ3n) is 10.5. The summed E-state index contributed by atoms with van der Waals surface area (Å²) in [5, 5.41) is 59.8. The van der Waals surface area contributed by atoms with Gasteiger partial charge in [0.05, 0.1) is 31.3 Å². The third kappa shape index (κ3) is 25.6. The second kappa shape index (κ2) is 35.3. The number of nitrogens with two attached hydrogens (primary N) is 5. The molecule has 0 saturated carbocycles. The van der Waals surface area contributed by atoms with E-state index >= 15 is 0 Å². The normalized spacial score (nSPS) is 16.0. The molecule has 32 heteroatoms. The van der Waals surface area contributed by atoms with E-state index < -0.39 is 175 Å². The SMILES string of the molecule is C[C@H](N)C(=O)N[C@@H](CCCCN)C(=O)N[C@@H](CS)C(=O)N[C@@H](CC(N)=O)C(=O)N[C@H](C(=O)N[C@@H](CCCCN)C(=O)N[C@@H](CS)C(=O)N[C@@H](CCC(N)=O)C(=O)N[C@H](C(=O)N[C@@H](CO)C(=O)O)[C@@H](C)O)[C@@H](C)O. The van der Waals surface area contributed by atoms with Crippen molar-refractivity contribution in [2.24, 2.45) is 28.7 Å². The van der Waals surface area contributed by atoms with E-state index in [1.54, 1.807) is 0 Å². The summed E-state index contributed by atoms with van der Waals surface area (Å²) in [5.74, 6) is -14.0. The Morgan fingerprint density at radius 1 is 0.452 bits per heavy atom. The standard InChI is InChI=1S/C41H74N14O16S2/c1-18(44)32(61)47-21(8-4-6-12-42)33(62)53-27(17-73)38(67)50-24(14-29(46)60)36(65)55-30(19(2)57)39(68)49-22(9-5-7-13-43)34(63)52-26(16-72)37(66)48-23(10-11-28(45)59)35(64)54-31(20(3)58)40(69)51-25(15-56)41(70)71/h18-27,30-31,56-58,72-73H,4-17,42-44H2,1-3H3,(H2,45,59)(H2,46,60)(H,47,61)(H,48,66)(H,49,68)(H,50,67)(H,51,69)(H,52,63)(H,53,62)(H,54,64)(H,55,65)(H,70,71)/t18-,19+,20+,21-,22-,23-,24-,25-,26-,27-,30-,31-/m0/s1. The third-order valence-corrected chi connectivity index (χ3v) is 11.2. The summed E-state index contributed by atoms with van der Waals surface area (Å²) in [4.78, 5) is 155. The van der Waals surface area contributed by atoms with Crippen molar-refractivity contribution in [3.05, 3.63) is 0 Å². The molecule has 0 aromatic rings. The molecular weight excluding hydrogens is 1010 g/mol. The predicted octanol–water partition coefficient (Wildman–Crippen LogP) is -9.21. The lowest BCUT2D eigenvalue weighted by molar-refractivity contribution is -0.144. The number of aliphatic hydroxyl groups excluding tert-OH is 3. The van der Waals surface area contributed by atoms with Crippen molar-refractivity contribution in [3.8, 4) is 0 Å². The number of aliphatic carboxylic acids is 1. The number of amides is 11. The van der Waals surface area contributed by atoms with Gasteiger partial charge in [-0.15, -0.1) is 0 Å². The lowest BCUT2D eigenvalue weighted by atomic mass is 10.0. The molecule has 23 N–H and O–H groups in total. The number of thiol groups is 2. The van der Waals surface area contributed by atoms with Gasteiger partial charge in [-0.3, -0.25) is 52.7 Å². The number of rotatable bonds is 37. The molecule has 0 aliphatic rings. The van der Waals surface area contributed by atoms with Gasteiger partial charge in [-0.2, -0.15) is 25.3 Å². The quantitative estimate of drug-likeness (QED) is 0.0203. The van der Waals surface area contributed by atoms with Gasteiger partial charge in [-0.25, -0.2) is 4.79 Å². The summed E-state index contributed by atoms with van der Waals surface area (Å²) in [5.41, 5.74) is 27.4. The Labute approximate surface area is 431 Å². The Morgan fingerprint density at radius 2 is 0.781 bits per heavy atom. The number of carboxylic acids is 1. The summed E-state index contributed by atoms with van der Waals surface area (Å²) in [7, 11) is 0. The molecule has 12 atom stereocenters. The van der Waals surface area contributed by atoms with Gasteiger partial charge in [0.2, 0.25) is 65.0 Å². The van der Waals surface area contributed by atoms with E-state index in [9.17, 15) is 78.0 Å². The highest BCUT2D eigenvalue weighted by Crippen LogP contribution is 2.09. The molecule has 0 saturated heterocycles. The lowest BCUT2D eigenvalue weighted by Gasteiger charge is -2.28. The fourth-order valence-electron chi connectivity index (χ4n) is 6.30. The molecule has 30 nitrogen and oxygen atoms in total. The molecule has 0 aliphatic carbocycles. The molecule has 0 fully saturated rings. The van der Waals surface area contributed by atoms with Gasteiger partial charge in [0.1, 0.15) is 54.4 Å². The van der Waals surface area contributed by atoms with E-state index in [-0.39, 0.29) is 31.6 Å². The van der Waals surface area contributed by atoms with Crippen LogP contribution in [0.1, 0.15) is 78.6 Å². The van der Waals surface area contributed by atoms with E-state index in [4.69, 9.17) is 28.7 Å². The van der Waals surface area contributed by atoms with Crippen LogP contribution < -0.4 is 76.5 Å². The number of hydrogen-bond acceptors (Lipinski definition) is 20. The van der Waals surface area contributed by atoms with Crippen molar-refractivity contribution < 1.29 is 78.0 Å². The highest BCUT2D eigenvalue weighted by molar-refractivity contribution is 7.80. The number of hydrogen-bond donors (Lipinski definition) is 20. The average molecular weight is 1080 g/mol. The van der Waals surface area contributed by atoms with Crippen molar-refractivity contribution in [1.29, 1.82) is 0 Å².